The lowest BCUT2D eigenvalue weighted by Crippen LogP contribution is -2.10. The van der Waals surface area contributed by atoms with Crippen molar-refractivity contribution in [3.05, 3.63) is 223 Å². The van der Waals surface area contributed by atoms with E-state index in [1.54, 1.807) is 0 Å². The van der Waals surface area contributed by atoms with E-state index in [2.05, 4.69) is 202 Å². The molecule has 0 aliphatic rings. The first-order valence-corrected chi connectivity index (χ1v) is 24.7. The van der Waals surface area contributed by atoms with Crippen LogP contribution in [0.1, 0.15) is 58.2 Å². The van der Waals surface area contributed by atoms with Crippen molar-refractivity contribution in [2.24, 2.45) is 0 Å². The highest BCUT2D eigenvalue weighted by atomic mass is 15.1. The van der Waals surface area contributed by atoms with Gasteiger partial charge in [0.1, 0.15) is 0 Å². The highest BCUT2D eigenvalue weighted by Gasteiger charge is 2.25. The average molecular weight is 929 g/mol. The Morgan fingerprint density at radius 1 is 0.347 bits per heavy atom. The first-order valence-electron chi connectivity index (χ1n) is 24.7. The first-order chi connectivity index (χ1) is 34.9. The van der Waals surface area contributed by atoms with Gasteiger partial charge in [-0.3, -0.25) is 0 Å². The minimum Gasteiger partial charge on any atom is -0.309 e. The van der Waals surface area contributed by atoms with Crippen LogP contribution in [0.2, 0.25) is 0 Å². The zero-order valence-electron chi connectivity index (χ0n) is 41.3. The van der Waals surface area contributed by atoms with Crippen LogP contribution in [0, 0.1) is 11.3 Å². The van der Waals surface area contributed by atoms with Gasteiger partial charge in [-0.1, -0.05) is 175 Å². The molecule has 0 spiro atoms. The molecule has 0 fully saturated rings. The number of hydrogen-bond donors (Lipinski definition) is 0. The van der Waals surface area contributed by atoms with Crippen molar-refractivity contribution in [2.75, 3.05) is 0 Å². The summed E-state index contributed by atoms with van der Waals surface area (Å²) in [5.74, 6) is 1.75. The van der Waals surface area contributed by atoms with E-state index in [1.165, 1.54) is 32.7 Å². The van der Waals surface area contributed by atoms with Crippen LogP contribution in [0.5, 0.6) is 0 Å². The van der Waals surface area contributed by atoms with Gasteiger partial charge in [-0.05, 0) is 111 Å². The summed E-state index contributed by atoms with van der Waals surface area (Å²) < 4.78 is 4.81. The lowest BCUT2D eigenvalue weighted by molar-refractivity contribution is 0.591. The average Bonchev–Trinajstić information content (AvgIpc) is 3.92. The lowest BCUT2D eigenvalue weighted by Gasteiger charge is -2.21. The third-order valence-corrected chi connectivity index (χ3v) is 14.2. The summed E-state index contributed by atoms with van der Waals surface area (Å²) in [7, 11) is 0. The van der Waals surface area contributed by atoms with Gasteiger partial charge in [0.2, 0.25) is 0 Å². The number of aromatic nitrogens is 5. The molecular weight excluding hydrogens is 877 g/mol. The third-order valence-electron chi connectivity index (χ3n) is 14.2. The maximum absolute atomic E-state index is 9.74. The summed E-state index contributed by atoms with van der Waals surface area (Å²) in [6.45, 7) is 13.6. The number of nitriles is 1. The monoisotopic (exact) mass is 928 g/mol. The minimum atomic E-state index is -0.0357. The molecule has 0 amide bonds. The summed E-state index contributed by atoms with van der Waals surface area (Å²) in [4.78, 5) is 16.0. The van der Waals surface area contributed by atoms with Gasteiger partial charge in [-0.2, -0.15) is 5.26 Å². The fourth-order valence-electron chi connectivity index (χ4n) is 10.3. The van der Waals surface area contributed by atoms with Gasteiger partial charge in [0.05, 0.1) is 45.1 Å². The van der Waals surface area contributed by atoms with E-state index in [-0.39, 0.29) is 10.8 Å². The number of fused-ring (bicyclic) bond motifs is 6. The molecule has 9 aromatic carbocycles. The van der Waals surface area contributed by atoms with Crippen LogP contribution in [-0.4, -0.2) is 24.1 Å². The molecule has 0 radical (unpaired) electrons. The molecule has 346 valence electrons. The zero-order chi connectivity index (χ0) is 49.3. The van der Waals surface area contributed by atoms with E-state index >= 15 is 0 Å². The Kier molecular flexibility index (Phi) is 10.6. The second-order valence-electron chi connectivity index (χ2n) is 20.9. The van der Waals surface area contributed by atoms with Crippen molar-refractivity contribution >= 4 is 43.6 Å². The number of rotatable bonds is 7. The first kappa shape index (κ1) is 44.3. The largest absolute Gasteiger partial charge is 0.309 e. The van der Waals surface area contributed by atoms with Gasteiger partial charge in [0.25, 0.3) is 0 Å². The molecule has 6 nitrogen and oxygen atoms in total. The Hall–Kier alpha value is -8.92. The molecule has 12 rings (SSSR count). The smallest absolute Gasteiger partial charge is 0.166 e. The summed E-state index contributed by atoms with van der Waals surface area (Å²) in [5.41, 5.74) is 16.3. The Labute approximate surface area is 420 Å². The van der Waals surface area contributed by atoms with Crippen LogP contribution in [0.15, 0.2) is 206 Å². The molecule has 0 aliphatic carbocycles. The van der Waals surface area contributed by atoms with Gasteiger partial charge in [0, 0.05) is 43.8 Å². The molecule has 0 N–H and O–H groups in total. The Morgan fingerprint density at radius 2 is 0.764 bits per heavy atom. The van der Waals surface area contributed by atoms with Crippen LogP contribution >= 0.6 is 0 Å². The summed E-state index contributed by atoms with van der Waals surface area (Å²) >= 11 is 0. The van der Waals surface area contributed by atoms with Crippen LogP contribution in [0.25, 0.3) is 111 Å². The lowest BCUT2D eigenvalue weighted by atomic mass is 9.86. The van der Waals surface area contributed by atoms with Gasteiger partial charge < -0.3 is 9.13 Å². The molecule has 0 aliphatic heterocycles. The highest BCUT2D eigenvalue weighted by molar-refractivity contribution is 6.11. The zero-order valence-corrected chi connectivity index (χ0v) is 41.3. The van der Waals surface area contributed by atoms with Crippen LogP contribution in [0.3, 0.4) is 0 Å². The van der Waals surface area contributed by atoms with Gasteiger partial charge in [-0.15, -0.1) is 0 Å². The fraction of sp³-hybridized carbons (Fsp3) is 0.121. The van der Waals surface area contributed by atoms with E-state index in [1.807, 2.05) is 60.7 Å². The number of para-hydroxylation sites is 2. The Bertz CT molecular complexity index is 4040. The van der Waals surface area contributed by atoms with Gasteiger partial charge >= 0.3 is 0 Å². The number of nitrogens with zero attached hydrogens (tertiary/aromatic N) is 6. The SMILES string of the molecule is CC(C)(C)c1ccc2c(c1)c1ccccc1n2-c1ccc(-c2ccc(C#N)cc2)cc1-c1ccc(-n2c3ccccc3c3cc(C(C)(C)C)ccc32)c(-c2nc(-c3ccccc3)nc(-c3ccccc3)n2)c1. The molecule has 72 heavy (non-hydrogen) atoms. The van der Waals surface area contributed by atoms with Gasteiger partial charge in [-0.25, -0.2) is 15.0 Å². The topological polar surface area (TPSA) is 72.3 Å². The molecule has 3 aromatic heterocycles. The molecule has 0 unspecified atom stereocenters. The molecule has 0 bridgehead atoms. The predicted molar refractivity (Wildman–Crippen MR) is 298 cm³/mol. The summed E-state index contributed by atoms with van der Waals surface area (Å²) in [6, 6.07) is 75.3. The second-order valence-corrected chi connectivity index (χ2v) is 20.9. The highest BCUT2D eigenvalue weighted by Crippen LogP contribution is 2.43. The quantitative estimate of drug-likeness (QED) is 0.160. The van der Waals surface area contributed by atoms with E-state index in [0.717, 1.165) is 72.4 Å². The normalized spacial score (nSPS) is 12.0. The van der Waals surface area contributed by atoms with Crippen LogP contribution in [0.4, 0.5) is 0 Å². The fourth-order valence-corrected chi connectivity index (χ4v) is 10.3. The molecule has 12 aromatic rings. The second kappa shape index (κ2) is 17.2. The number of benzene rings is 9. The maximum Gasteiger partial charge on any atom is 0.166 e. The third kappa shape index (κ3) is 7.71. The van der Waals surface area contributed by atoms with Crippen LogP contribution < -0.4 is 0 Å². The molecular formula is C66H52N6. The molecule has 6 heteroatoms. The van der Waals surface area contributed by atoms with E-state index < -0.39 is 0 Å². The van der Waals surface area contributed by atoms with Crippen molar-refractivity contribution < 1.29 is 0 Å². The standard InChI is InChI=1S/C66H52N6/c1-65(2,3)48-31-35-59-53(39-48)50-21-13-15-23-56(50)71(59)58-33-29-46(43-27-25-42(41-67)26-28-43)37-52(58)47-30-34-61(72-57-24-16-14-22-51(57)54-40-49(66(4,5)6)32-36-60(54)72)55(38-47)64-69-62(44-17-9-7-10-18-44)68-63(70-64)45-19-11-8-12-20-45/h7-40H,1-6H3. The van der Waals surface area contributed by atoms with Crippen molar-refractivity contribution in [2.45, 2.75) is 52.4 Å². The molecule has 3 heterocycles. The molecule has 0 atom stereocenters. The maximum atomic E-state index is 9.74. The Morgan fingerprint density at radius 3 is 1.26 bits per heavy atom. The number of hydrogen-bond acceptors (Lipinski definition) is 4. The van der Waals surface area contributed by atoms with E-state index in [9.17, 15) is 5.26 Å². The molecule has 0 saturated heterocycles. The van der Waals surface area contributed by atoms with Crippen molar-refractivity contribution in [3.8, 4) is 73.9 Å². The predicted octanol–water partition coefficient (Wildman–Crippen LogP) is 16.9. The van der Waals surface area contributed by atoms with Gasteiger partial charge in [0.15, 0.2) is 17.5 Å². The van der Waals surface area contributed by atoms with Crippen molar-refractivity contribution in [3.63, 3.8) is 0 Å². The summed E-state index contributed by atoms with van der Waals surface area (Å²) in [6.07, 6.45) is 0. The summed E-state index contributed by atoms with van der Waals surface area (Å²) in [5, 5.41) is 14.5. The van der Waals surface area contributed by atoms with E-state index in [4.69, 9.17) is 15.0 Å². The van der Waals surface area contributed by atoms with Crippen LogP contribution in [-0.2, 0) is 10.8 Å². The molecule has 0 saturated carbocycles. The van der Waals surface area contributed by atoms with Crippen molar-refractivity contribution in [1.29, 1.82) is 5.26 Å². The Balaban J connectivity index is 1.18. The van der Waals surface area contributed by atoms with E-state index in [0.29, 0.717) is 23.0 Å². The minimum absolute atomic E-state index is 0.0233. The van der Waals surface area contributed by atoms with Crippen molar-refractivity contribution in [1.82, 2.24) is 24.1 Å².